The number of carbonyl (C=O) groups excluding carboxylic acids is 1. The lowest BCUT2D eigenvalue weighted by Gasteiger charge is -2.33. The molecule has 0 unspecified atom stereocenters. The van der Waals surface area contributed by atoms with E-state index in [4.69, 9.17) is 14.5 Å². The molecule has 3 aromatic rings. The number of ether oxygens (including phenoxy) is 2. The summed E-state index contributed by atoms with van der Waals surface area (Å²) < 4.78 is 12.2. The Kier molecular flexibility index (Phi) is 7.16. The molecule has 10 nitrogen and oxygen atoms in total. The Bertz CT molecular complexity index is 1070. The number of methoxy groups -OCH3 is 2. The van der Waals surface area contributed by atoms with Gasteiger partial charge in [-0.2, -0.15) is 0 Å². The number of nitrogens with one attached hydrogen (secondary N) is 2. The molecule has 0 aliphatic heterocycles. The van der Waals surface area contributed by atoms with E-state index in [-0.39, 0.29) is 11.9 Å². The van der Waals surface area contributed by atoms with E-state index in [0.29, 0.717) is 36.7 Å². The van der Waals surface area contributed by atoms with Crippen molar-refractivity contribution in [1.29, 1.82) is 0 Å². The predicted molar refractivity (Wildman–Crippen MR) is 121 cm³/mol. The van der Waals surface area contributed by atoms with Gasteiger partial charge in [-0.25, -0.2) is 14.5 Å². The molecule has 2 amide bonds. The van der Waals surface area contributed by atoms with Gasteiger partial charge in [-0.15, -0.1) is 5.10 Å². The fourth-order valence-corrected chi connectivity index (χ4v) is 4.07. The molecule has 0 bridgehead atoms. The van der Waals surface area contributed by atoms with Crippen LogP contribution < -0.4 is 15.4 Å². The van der Waals surface area contributed by atoms with Crippen LogP contribution in [0.5, 0.6) is 5.75 Å². The molecule has 2 heterocycles. The van der Waals surface area contributed by atoms with Crippen molar-refractivity contribution in [2.45, 2.75) is 43.9 Å². The second-order valence-corrected chi connectivity index (χ2v) is 7.96. The highest BCUT2D eigenvalue weighted by Crippen LogP contribution is 2.33. The number of hydrogen-bond donors (Lipinski definition) is 3. The van der Waals surface area contributed by atoms with E-state index in [2.05, 4.69) is 20.7 Å². The van der Waals surface area contributed by atoms with Crippen molar-refractivity contribution in [1.82, 2.24) is 25.1 Å². The van der Waals surface area contributed by atoms with Crippen LogP contribution in [0, 0.1) is 0 Å². The van der Waals surface area contributed by atoms with E-state index >= 15 is 0 Å². The minimum atomic E-state index is -0.648. The molecule has 0 radical (unpaired) electrons. The molecule has 3 N–H and O–H groups in total. The summed E-state index contributed by atoms with van der Waals surface area (Å²) in [6.07, 6.45) is 4.57. The van der Waals surface area contributed by atoms with Gasteiger partial charge in [-0.1, -0.05) is 6.07 Å². The quantitative estimate of drug-likeness (QED) is 0.503. The first-order valence-corrected chi connectivity index (χ1v) is 10.8. The van der Waals surface area contributed by atoms with Crippen LogP contribution in [0.4, 0.5) is 10.5 Å². The fraction of sp³-hybridized carbons (Fsp3) is 0.391. The number of hydrogen-bond acceptors (Lipinski definition) is 7. The molecule has 1 aromatic carbocycles. The molecule has 3 atom stereocenters. The smallest absolute Gasteiger partial charge is 0.319 e. The summed E-state index contributed by atoms with van der Waals surface area (Å²) in [5.41, 5.74) is 1.41. The third-order valence-corrected chi connectivity index (χ3v) is 5.66. The fourth-order valence-electron chi connectivity index (χ4n) is 4.07. The molecule has 174 valence electrons. The molecule has 1 aliphatic carbocycles. The van der Waals surface area contributed by atoms with Gasteiger partial charge >= 0.3 is 6.03 Å². The van der Waals surface area contributed by atoms with Crippen molar-refractivity contribution >= 4 is 11.7 Å². The highest BCUT2D eigenvalue weighted by atomic mass is 16.5. The molecule has 2 aromatic heterocycles. The molecule has 1 aliphatic rings. The number of amides is 2. The van der Waals surface area contributed by atoms with Crippen molar-refractivity contribution in [2.75, 3.05) is 19.5 Å². The van der Waals surface area contributed by atoms with Crippen molar-refractivity contribution < 1.29 is 19.4 Å². The Morgan fingerprint density at radius 1 is 1.24 bits per heavy atom. The molecule has 1 saturated carbocycles. The van der Waals surface area contributed by atoms with Gasteiger partial charge in [0.2, 0.25) is 0 Å². The summed E-state index contributed by atoms with van der Waals surface area (Å²) in [5, 5.41) is 20.9. The van der Waals surface area contributed by atoms with Crippen molar-refractivity contribution in [3.8, 4) is 11.4 Å². The first-order chi connectivity index (χ1) is 16.1. The normalized spacial score (nSPS) is 20.3. The number of nitrogens with zero attached hydrogens (tertiary/aromatic N) is 4. The lowest BCUT2D eigenvalue weighted by atomic mass is 9.83. The number of anilines is 1. The van der Waals surface area contributed by atoms with Crippen molar-refractivity contribution in [3.63, 3.8) is 0 Å². The van der Waals surface area contributed by atoms with Crippen LogP contribution in [0.25, 0.3) is 5.69 Å². The highest BCUT2D eigenvalue weighted by Gasteiger charge is 2.34. The Labute approximate surface area is 192 Å². The number of carbonyl (C=O) groups is 1. The Morgan fingerprint density at radius 2 is 2.12 bits per heavy atom. The second-order valence-electron chi connectivity index (χ2n) is 7.96. The summed E-state index contributed by atoms with van der Waals surface area (Å²) >= 11 is 0. The van der Waals surface area contributed by atoms with Gasteiger partial charge in [-0.05, 0) is 43.5 Å². The summed E-state index contributed by atoms with van der Waals surface area (Å²) in [6, 6.07) is 10.0. The summed E-state index contributed by atoms with van der Waals surface area (Å²) in [7, 11) is 3.17. The van der Waals surface area contributed by atoms with E-state index in [0.717, 1.165) is 17.9 Å². The number of aliphatic hydroxyl groups excluding tert-OH is 1. The second kappa shape index (κ2) is 10.4. The molecule has 10 heteroatoms. The Morgan fingerprint density at radius 3 is 2.88 bits per heavy atom. The van der Waals surface area contributed by atoms with Gasteiger partial charge in [0.15, 0.2) is 5.82 Å². The van der Waals surface area contributed by atoms with Gasteiger partial charge in [0.1, 0.15) is 18.2 Å². The van der Waals surface area contributed by atoms with Gasteiger partial charge in [0, 0.05) is 31.0 Å². The van der Waals surface area contributed by atoms with Crippen LogP contribution in [-0.4, -0.2) is 57.3 Å². The third-order valence-electron chi connectivity index (χ3n) is 5.66. The number of benzene rings is 1. The lowest BCUT2D eigenvalue weighted by Crippen LogP contribution is -2.48. The van der Waals surface area contributed by atoms with Crippen LogP contribution >= 0.6 is 0 Å². The SMILES string of the molecule is COCc1nc([C@H]2CC[C@@H](O)[C@H](NC(=O)Nc3cccc(OC)c3)C2)n(-c2cccnc2)n1. The Hall–Kier alpha value is -3.50. The van der Waals surface area contributed by atoms with Crippen LogP contribution in [0.2, 0.25) is 0 Å². The monoisotopic (exact) mass is 452 g/mol. The maximum Gasteiger partial charge on any atom is 0.319 e. The molecule has 0 saturated heterocycles. The van der Waals surface area contributed by atoms with Gasteiger partial charge < -0.3 is 25.2 Å². The first kappa shape index (κ1) is 22.7. The number of aromatic nitrogens is 4. The van der Waals surface area contributed by atoms with E-state index < -0.39 is 12.1 Å². The van der Waals surface area contributed by atoms with Gasteiger partial charge in [0.25, 0.3) is 0 Å². The van der Waals surface area contributed by atoms with Gasteiger partial charge in [-0.3, -0.25) is 4.98 Å². The zero-order chi connectivity index (χ0) is 23.2. The van der Waals surface area contributed by atoms with Crippen molar-refractivity contribution in [3.05, 3.63) is 60.4 Å². The molecule has 1 fully saturated rings. The van der Waals surface area contributed by atoms with E-state index in [9.17, 15) is 9.90 Å². The molecular formula is C23H28N6O4. The maximum atomic E-state index is 12.6. The van der Waals surface area contributed by atoms with Crippen LogP contribution in [-0.2, 0) is 11.3 Å². The highest BCUT2D eigenvalue weighted by molar-refractivity contribution is 5.89. The van der Waals surface area contributed by atoms with Crippen LogP contribution in [0.15, 0.2) is 48.8 Å². The third kappa shape index (κ3) is 5.47. The maximum absolute atomic E-state index is 12.6. The minimum absolute atomic E-state index is 0.00571. The molecule has 33 heavy (non-hydrogen) atoms. The predicted octanol–water partition coefficient (Wildman–Crippen LogP) is 2.64. The molecule has 4 rings (SSSR count). The number of aliphatic hydroxyl groups is 1. The summed E-state index contributed by atoms with van der Waals surface area (Å²) in [6.45, 7) is 0.292. The average molecular weight is 453 g/mol. The number of rotatable bonds is 7. The molecular weight excluding hydrogens is 424 g/mol. The summed E-state index contributed by atoms with van der Waals surface area (Å²) in [5.74, 6) is 1.98. The Balaban J connectivity index is 1.50. The number of urea groups is 1. The van der Waals surface area contributed by atoms with E-state index in [1.807, 2.05) is 12.1 Å². The summed E-state index contributed by atoms with van der Waals surface area (Å²) in [4.78, 5) is 21.5. The topological polar surface area (TPSA) is 123 Å². The van der Waals surface area contributed by atoms with E-state index in [1.165, 1.54) is 0 Å². The van der Waals surface area contributed by atoms with E-state index in [1.54, 1.807) is 55.6 Å². The zero-order valence-electron chi connectivity index (χ0n) is 18.6. The van der Waals surface area contributed by atoms with Crippen molar-refractivity contribution in [2.24, 2.45) is 0 Å². The first-order valence-electron chi connectivity index (χ1n) is 10.8. The van der Waals surface area contributed by atoms with Crippen LogP contribution in [0.3, 0.4) is 0 Å². The lowest BCUT2D eigenvalue weighted by molar-refractivity contribution is 0.0864. The largest absolute Gasteiger partial charge is 0.497 e. The minimum Gasteiger partial charge on any atom is -0.497 e. The zero-order valence-corrected chi connectivity index (χ0v) is 18.6. The average Bonchev–Trinajstić information content (AvgIpc) is 3.25. The number of pyridine rings is 1. The van der Waals surface area contributed by atoms with Crippen LogP contribution in [0.1, 0.15) is 36.8 Å². The standard InChI is InChI=1S/C23H28N6O4/c1-32-14-21-27-22(29(28-21)17-6-4-10-24-13-17)15-8-9-20(30)19(11-15)26-23(31)25-16-5-3-7-18(12-16)33-2/h3-7,10,12-13,15,19-20,30H,8-9,11,14H2,1-2H3,(H2,25,26,31)/t15-,19+,20+/m0/s1. The molecule has 0 spiro atoms. The van der Waals surface area contributed by atoms with Gasteiger partial charge in [0.05, 0.1) is 31.1 Å².